The summed E-state index contributed by atoms with van der Waals surface area (Å²) in [6, 6.07) is 0. The number of hydrogen-bond acceptors (Lipinski definition) is 3. The Morgan fingerprint density at radius 2 is 2.13 bits per heavy atom. The first kappa shape index (κ1) is 12.2. The van der Waals surface area contributed by atoms with Crippen LogP contribution in [0.25, 0.3) is 0 Å². The van der Waals surface area contributed by atoms with Crippen LogP contribution in [0.3, 0.4) is 0 Å². The molecule has 3 heteroatoms. The van der Waals surface area contributed by atoms with Crippen molar-refractivity contribution >= 4 is 5.97 Å². The first-order valence-electron chi connectivity index (χ1n) is 5.74. The number of rotatable bonds is 7. The molecule has 1 saturated carbocycles. The van der Waals surface area contributed by atoms with Gasteiger partial charge in [0.2, 0.25) is 0 Å². The average molecular weight is 211 g/mol. The number of carbonyl (C=O) groups is 1. The van der Waals surface area contributed by atoms with Gasteiger partial charge in [-0.3, -0.25) is 4.90 Å². The summed E-state index contributed by atoms with van der Waals surface area (Å²) in [5.74, 6) is 0.590. The molecule has 1 fully saturated rings. The largest absolute Gasteiger partial charge is 0.463 e. The molecule has 0 bridgehead atoms. The number of carbonyl (C=O) groups excluding carboxylic acids is 1. The molecule has 1 aliphatic rings. The molecule has 0 radical (unpaired) electrons. The van der Waals surface area contributed by atoms with E-state index in [-0.39, 0.29) is 5.97 Å². The van der Waals surface area contributed by atoms with E-state index < -0.39 is 0 Å². The molecular formula is C12H21NO2. The van der Waals surface area contributed by atoms with E-state index in [9.17, 15) is 4.79 Å². The third kappa shape index (κ3) is 4.47. The van der Waals surface area contributed by atoms with Gasteiger partial charge in [0.1, 0.15) is 0 Å². The lowest BCUT2D eigenvalue weighted by atomic mass is 10.2. The molecule has 15 heavy (non-hydrogen) atoms. The maximum atomic E-state index is 11.3. The van der Waals surface area contributed by atoms with E-state index >= 15 is 0 Å². The molecule has 0 amide bonds. The van der Waals surface area contributed by atoms with Gasteiger partial charge in [0.15, 0.2) is 0 Å². The Labute approximate surface area is 92.1 Å². The Balaban J connectivity index is 2.29. The van der Waals surface area contributed by atoms with Gasteiger partial charge in [-0.05, 0) is 32.2 Å². The van der Waals surface area contributed by atoms with Gasteiger partial charge in [0.25, 0.3) is 0 Å². The van der Waals surface area contributed by atoms with Crippen LogP contribution in [0.4, 0.5) is 0 Å². The molecule has 86 valence electrons. The molecule has 1 rings (SSSR count). The first-order valence-corrected chi connectivity index (χ1v) is 5.74. The molecule has 0 aliphatic heterocycles. The van der Waals surface area contributed by atoms with Crippen molar-refractivity contribution < 1.29 is 9.53 Å². The minimum absolute atomic E-state index is 0.258. The quantitative estimate of drug-likeness (QED) is 0.475. The standard InChI is InChI=1S/C12H21NO2/c1-4-13(9-11-6-7-11)8-10(3)12(14)15-5-2/h11H,3-9H2,1-2H3. The second-order valence-electron chi connectivity index (χ2n) is 4.10. The average Bonchev–Trinajstić information content (AvgIpc) is 3.00. The maximum Gasteiger partial charge on any atom is 0.334 e. The second kappa shape index (κ2) is 5.91. The van der Waals surface area contributed by atoms with Crippen molar-refractivity contribution in [3.05, 3.63) is 12.2 Å². The van der Waals surface area contributed by atoms with Gasteiger partial charge < -0.3 is 4.74 Å². The molecular weight excluding hydrogens is 190 g/mol. The van der Waals surface area contributed by atoms with Crippen LogP contribution in [0, 0.1) is 5.92 Å². The molecule has 0 unspecified atom stereocenters. The summed E-state index contributed by atoms with van der Waals surface area (Å²) in [5, 5.41) is 0. The Hall–Kier alpha value is -0.830. The predicted octanol–water partition coefficient (Wildman–Crippen LogP) is 1.84. The summed E-state index contributed by atoms with van der Waals surface area (Å²) in [6.45, 7) is 10.8. The zero-order chi connectivity index (χ0) is 11.3. The number of ether oxygens (including phenoxy) is 1. The van der Waals surface area contributed by atoms with Crippen LogP contribution in [-0.2, 0) is 9.53 Å². The highest BCUT2D eigenvalue weighted by atomic mass is 16.5. The third-order valence-electron chi connectivity index (χ3n) is 2.64. The maximum absolute atomic E-state index is 11.3. The van der Waals surface area contributed by atoms with E-state index in [4.69, 9.17) is 4.74 Å². The Kier molecular flexibility index (Phi) is 4.82. The van der Waals surface area contributed by atoms with Crippen LogP contribution in [0.15, 0.2) is 12.2 Å². The van der Waals surface area contributed by atoms with Gasteiger partial charge in [-0.15, -0.1) is 0 Å². The zero-order valence-corrected chi connectivity index (χ0v) is 9.79. The highest BCUT2D eigenvalue weighted by Crippen LogP contribution is 2.29. The Morgan fingerprint density at radius 3 is 2.60 bits per heavy atom. The van der Waals surface area contributed by atoms with E-state index in [2.05, 4.69) is 18.4 Å². The summed E-state index contributed by atoms with van der Waals surface area (Å²) in [6.07, 6.45) is 2.67. The highest BCUT2D eigenvalue weighted by molar-refractivity contribution is 5.88. The van der Waals surface area contributed by atoms with Crippen LogP contribution in [0.1, 0.15) is 26.7 Å². The van der Waals surface area contributed by atoms with Crippen molar-refractivity contribution in [2.24, 2.45) is 5.92 Å². The van der Waals surface area contributed by atoms with Crippen molar-refractivity contribution in [1.29, 1.82) is 0 Å². The highest BCUT2D eigenvalue weighted by Gasteiger charge is 2.24. The topological polar surface area (TPSA) is 29.5 Å². The minimum Gasteiger partial charge on any atom is -0.463 e. The van der Waals surface area contributed by atoms with E-state index in [1.54, 1.807) is 0 Å². The predicted molar refractivity (Wildman–Crippen MR) is 60.6 cm³/mol. The fraction of sp³-hybridized carbons (Fsp3) is 0.750. The fourth-order valence-electron chi connectivity index (χ4n) is 1.54. The van der Waals surface area contributed by atoms with E-state index in [1.165, 1.54) is 12.8 Å². The van der Waals surface area contributed by atoms with E-state index in [1.807, 2.05) is 6.92 Å². The van der Waals surface area contributed by atoms with Gasteiger partial charge in [-0.25, -0.2) is 4.79 Å². The molecule has 0 aromatic rings. The van der Waals surface area contributed by atoms with Crippen LogP contribution in [0.2, 0.25) is 0 Å². The molecule has 0 aromatic heterocycles. The van der Waals surface area contributed by atoms with Crippen molar-refractivity contribution in [3.63, 3.8) is 0 Å². The van der Waals surface area contributed by atoms with Gasteiger partial charge >= 0.3 is 5.97 Å². The van der Waals surface area contributed by atoms with Crippen molar-refractivity contribution in [2.45, 2.75) is 26.7 Å². The summed E-state index contributed by atoms with van der Waals surface area (Å²) < 4.78 is 4.90. The molecule has 0 N–H and O–H groups in total. The lowest BCUT2D eigenvalue weighted by Gasteiger charge is -2.20. The lowest BCUT2D eigenvalue weighted by molar-refractivity contribution is -0.138. The SMILES string of the molecule is C=C(CN(CC)CC1CC1)C(=O)OCC. The van der Waals surface area contributed by atoms with Gasteiger partial charge in [0, 0.05) is 18.7 Å². The third-order valence-corrected chi connectivity index (χ3v) is 2.64. The van der Waals surface area contributed by atoms with Crippen molar-refractivity contribution in [3.8, 4) is 0 Å². The molecule has 0 heterocycles. The van der Waals surface area contributed by atoms with Gasteiger partial charge in [-0.2, -0.15) is 0 Å². The fourth-order valence-corrected chi connectivity index (χ4v) is 1.54. The van der Waals surface area contributed by atoms with Gasteiger partial charge in [0.05, 0.1) is 6.61 Å². The molecule has 0 spiro atoms. The summed E-state index contributed by atoms with van der Waals surface area (Å²) >= 11 is 0. The van der Waals surface area contributed by atoms with Crippen LogP contribution < -0.4 is 0 Å². The second-order valence-corrected chi connectivity index (χ2v) is 4.10. The summed E-state index contributed by atoms with van der Waals surface area (Å²) in [4.78, 5) is 13.6. The number of nitrogens with zero attached hydrogens (tertiary/aromatic N) is 1. The lowest BCUT2D eigenvalue weighted by Crippen LogP contribution is -2.30. The first-order chi connectivity index (χ1) is 7.17. The van der Waals surface area contributed by atoms with Crippen molar-refractivity contribution in [2.75, 3.05) is 26.2 Å². The zero-order valence-electron chi connectivity index (χ0n) is 9.79. The van der Waals surface area contributed by atoms with Crippen molar-refractivity contribution in [1.82, 2.24) is 4.90 Å². The molecule has 0 saturated heterocycles. The Morgan fingerprint density at radius 1 is 1.47 bits per heavy atom. The smallest absolute Gasteiger partial charge is 0.334 e. The van der Waals surface area contributed by atoms with E-state index in [0.29, 0.717) is 18.7 Å². The number of hydrogen-bond donors (Lipinski definition) is 0. The monoisotopic (exact) mass is 211 g/mol. The van der Waals surface area contributed by atoms with E-state index in [0.717, 1.165) is 19.0 Å². The number of likely N-dealkylation sites (N-methyl/N-ethyl adjacent to an activating group) is 1. The Bertz CT molecular complexity index is 234. The number of esters is 1. The van der Waals surface area contributed by atoms with Crippen LogP contribution in [0.5, 0.6) is 0 Å². The minimum atomic E-state index is -0.258. The molecule has 0 atom stereocenters. The normalized spacial score (nSPS) is 15.4. The molecule has 0 aromatic carbocycles. The summed E-state index contributed by atoms with van der Waals surface area (Å²) in [5.41, 5.74) is 0.569. The summed E-state index contributed by atoms with van der Waals surface area (Å²) in [7, 11) is 0. The van der Waals surface area contributed by atoms with Crippen LogP contribution >= 0.6 is 0 Å². The van der Waals surface area contributed by atoms with Crippen LogP contribution in [-0.4, -0.2) is 37.1 Å². The molecule has 3 nitrogen and oxygen atoms in total. The van der Waals surface area contributed by atoms with Gasteiger partial charge in [-0.1, -0.05) is 13.5 Å². The molecule has 1 aliphatic carbocycles.